The number of hydrogen-bond acceptors (Lipinski definition) is 2. The van der Waals surface area contributed by atoms with Gasteiger partial charge in [0.15, 0.2) is 0 Å². The van der Waals surface area contributed by atoms with Crippen molar-refractivity contribution in [1.29, 1.82) is 0 Å². The predicted molar refractivity (Wildman–Crippen MR) is 76.5 cm³/mol. The molecule has 0 unspecified atom stereocenters. The third-order valence-electron chi connectivity index (χ3n) is 3.03. The first-order chi connectivity index (χ1) is 8.72. The van der Waals surface area contributed by atoms with Crippen molar-refractivity contribution >= 4 is 10.9 Å². The number of aromatic nitrogens is 2. The van der Waals surface area contributed by atoms with Gasteiger partial charge in [-0.05, 0) is 26.0 Å². The van der Waals surface area contributed by atoms with Crippen molar-refractivity contribution in [3.05, 3.63) is 42.1 Å². The summed E-state index contributed by atoms with van der Waals surface area (Å²) < 4.78 is 2.09. The molecule has 1 aromatic carbocycles. The van der Waals surface area contributed by atoms with Gasteiger partial charge in [0.05, 0.1) is 11.2 Å². The molecule has 0 fully saturated rings. The molecule has 0 amide bonds. The minimum Gasteiger partial charge on any atom is -0.311 e. The molecule has 0 atom stereocenters. The number of benzene rings is 1. The summed E-state index contributed by atoms with van der Waals surface area (Å²) in [6.45, 7) is 10.8. The van der Waals surface area contributed by atoms with Crippen LogP contribution in [0.1, 0.15) is 26.0 Å². The second-order valence-electron chi connectivity index (χ2n) is 4.67. The zero-order chi connectivity index (χ0) is 13.0. The Morgan fingerprint density at radius 3 is 2.89 bits per heavy atom. The maximum Gasteiger partial charge on any atom is 0.0841 e. The van der Waals surface area contributed by atoms with Crippen LogP contribution in [0, 0.1) is 0 Å². The van der Waals surface area contributed by atoms with Crippen LogP contribution < -0.4 is 5.32 Å². The van der Waals surface area contributed by atoms with E-state index in [1.807, 2.05) is 0 Å². The number of para-hydroxylation sites is 1. The molecule has 3 heteroatoms. The molecule has 18 heavy (non-hydrogen) atoms. The van der Waals surface area contributed by atoms with Crippen LogP contribution in [-0.4, -0.2) is 16.3 Å². The fraction of sp³-hybridized carbons (Fsp3) is 0.400. The van der Waals surface area contributed by atoms with Gasteiger partial charge in [0, 0.05) is 18.5 Å². The summed E-state index contributed by atoms with van der Waals surface area (Å²) in [5.41, 5.74) is 3.55. The number of nitrogens with zero attached hydrogens (tertiary/aromatic N) is 2. The Balaban J connectivity index is 2.31. The van der Waals surface area contributed by atoms with Gasteiger partial charge < -0.3 is 5.32 Å². The van der Waals surface area contributed by atoms with Gasteiger partial charge in [-0.25, -0.2) is 0 Å². The molecular formula is C15H21N3. The summed E-state index contributed by atoms with van der Waals surface area (Å²) in [7, 11) is 0. The van der Waals surface area contributed by atoms with E-state index >= 15 is 0 Å². The van der Waals surface area contributed by atoms with Crippen LogP contribution in [0.2, 0.25) is 0 Å². The van der Waals surface area contributed by atoms with E-state index in [4.69, 9.17) is 5.10 Å². The van der Waals surface area contributed by atoms with Crippen LogP contribution in [0.25, 0.3) is 10.9 Å². The molecule has 2 rings (SSSR count). The topological polar surface area (TPSA) is 29.9 Å². The van der Waals surface area contributed by atoms with E-state index in [9.17, 15) is 0 Å². The van der Waals surface area contributed by atoms with Crippen LogP contribution in [0.15, 0.2) is 36.4 Å². The van der Waals surface area contributed by atoms with Gasteiger partial charge in [0.1, 0.15) is 0 Å². The molecule has 0 bridgehead atoms. The Bertz CT molecular complexity index is 540. The maximum atomic E-state index is 4.71. The molecule has 96 valence electrons. The Morgan fingerprint density at radius 1 is 1.39 bits per heavy atom. The standard InChI is InChI=1S/C15H21N3/c1-4-16-11-14-13-7-5-6-8-15(13)18(17-14)10-9-12(2)3/h5-8,16H,2,4,9-11H2,1,3H3. The average molecular weight is 243 g/mol. The van der Waals surface area contributed by atoms with Crippen molar-refractivity contribution in [2.24, 2.45) is 0 Å². The fourth-order valence-electron chi connectivity index (χ4n) is 2.04. The van der Waals surface area contributed by atoms with Crippen LogP contribution in [-0.2, 0) is 13.1 Å². The van der Waals surface area contributed by atoms with Crippen molar-refractivity contribution in [2.75, 3.05) is 6.54 Å². The average Bonchev–Trinajstić information content (AvgIpc) is 2.72. The van der Waals surface area contributed by atoms with Crippen molar-refractivity contribution < 1.29 is 0 Å². The van der Waals surface area contributed by atoms with Crippen LogP contribution >= 0.6 is 0 Å². The molecular weight excluding hydrogens is 222 g/mol. The van der Waals surface area contributed by atoms with Crippen molar-refractivity contribution in [3.8, 4) is 0 Å². The van der Waals surface area contributed by atoms with Gasteiger partial charge in [0.2, 0.25) is 0 Å². The first kappa shape index (κ1) is 12.8. The highest BCUT2D eigenvalue weighted by Crippen LogP contribution is 2.19. The van der Waals surface area contributed by atoms with Gasteiger partial charge in [-0.2, -0.15) is 5.10 Å². The number of rotatable bonds is 6. The fourth-order valence-corrected chi connectivity index (χ4v) is 2.04. The molecule has 0 radical (unpaired) electrons. The molecule has 3 nitrogen and oxygen atoms in total. The largest absolute Gasteiger partial charge is 0.311 e. The normalized spacial score (nSPS) is 11.0. The lowest BCUT2D eigenvalue weighted by molar-refractivity contribution is 0.609. The Morgan fingerprint density at radius 2 is 2.17 bits per heavy atom. The molecule has 0 aliphatic heterocycles. The van der Waals surface area contributed by atoms with Gasteiger partial charge in [0.25, 0.3) is 0 Å². The van der Waals surface area contributed by atoms with Gasteiger partial charge in [-0.15, -0.1) is 6.58 Å². The highest BCUT2D eigenvalue weighted by molar-refractivity contribution is 5.81. The lowest BCUT2D eigenvalue weighted by atomic mass is 10.2. The summed E-state index contributed by atoms with van der Waals surface area (Å²) in [5.74, 6) is 0. The van der Waals surface area contributed by atoms with Crippen LogP contribution in [0.3, 0.4) is 0 Å². The van der Waals surface area contributed by atoms with E-state index in [1.165, 1.54) is 16.5 Å². The minimum atomic E-state index is 0.830. The summed E-state index contributed by atoms with van der Waals surface area (Å²) in [5, 5.41) is 9.30. The molecule has 0 saturated carbocycles. The lowest BCUT2D eigenvalue weighted by Gasteiger charge is -2.02. The third-order valence-corrected chi connectivity index (χ3v) is 3.03. The second kappa shape index (κ2) is 5.83. The Kier molecular flexibility index (Phi) is 4.15. The minimum absolute atomic E-state index is 0.830. The van der Waals surface area contributed by atoms with E-state index in [0.29, 0.717) is 0 Å². The van der Waals surface area contributed by atoms with E-state index in [1.54, 1.807) is 0 Å². The molecule has 0 saturated heterocycles. The number of fused-ring (bicyclic) bond motifs is 1. The monoisotopic (exact) mass is 243 g/mol. The van der Waals surface area contributed by atoms with Gasteiger partial charge in [-0.1, -0.05) is 30.7 Å². The second-order valence-corrected chi connectivity index (χ2v) is 4.67. The van der Waals surface area contributed by atoms with E-state index in [-0.39, 0.29) is 0 Å². The van der Waals surface area contributed by atoms with E-state index in [2.05, 4.69) is 54.7 Å². The summed E-state index contributed by atoms with van der Waals surface area (Å²) in [4.78, 5) is 0. The first-order valence-corrected chi connectivity index (χ1v) is 6.52. The molecule has 2 aromatic rings. The van der Waals surface area contributed by atoms with Crippen molar-refractivity contribution in [1.82, 2.24) is 15.1 Å². The SMILES string of the molecule is C=C(C)CCn1nc(CNCC)c2ccccc21. The van der Waals surface area contributed by atoms with Crippen molar-refractivity contribution in [2.45, 2.75) is 33.4 Å². The van der Waals surface area contributed by atoms with Crippen LogP contribution in [0.5, 0.6) is 0 Å². The number of nitrogens with one attached hydrogen (secondary N) is 1. The van der Waals surface area contributed by atoms with Crippen LogP contribution in [0.4, 0.5) is 0 Å². The Labute approximate surface area is 109 Å². The highest BCUT2D eigenvalue weighted by Gasteiger charge is 2.08. The zero-order valence-electron chi connectivity index (χ0n) is 11.2. The Hall–Kier alpha value is -1.61. The quantitative estimate of drug-likeness (QED) is 0.790. The molecule has 0 aliphatic carbocycles. The number of aryl methyl sites for hydroxylation is 1. The predicted octanol–water partition coefficient (Wildman–Crippen LogP) is 3.11. The van der Waals surface area contributed by atoms with E-state index in [0.717, 1.165) is 31.7 Å². The third kappa shape index (κ3) is 2.79. The first-order valence-electron chi connectivity index (χ1n) is 6.52. The number of allylic oxidation sites excluding steroid dienone is 1. The number of hydrogen-bond donors (Lipinski definition) is 1. The van der Waals surface area contributed by atoms with Gasteiger partial charge >= 0.3 is 0 Å². The summed E-state index contributed by atoms with van der Waals surface area (Å²) in [6.07, 6.45) is 0.978. The molecule has 0 spiro atoms. The van der Waals surface area contributed by atoms with E-state index < -0.39 is 0 Å². The molecule has 1 heterocycles. The molecule has 1 aromatic heterocycles. The summed E-state index contributed by atoms with van der Waals surface area (Å²) in [6, 6.07) is 8.42. The highest BCUT2D eigenvalue weighted by atomic mass is 15.3. The lowest BCUT2D eigenvalue weighted by Crippen LogP contribution is -2.12. The molecule has 0 aliphatic rings. The van der Waals surface area contributed by atoms with Gasteiger partial charge in [-0.3, -0.25) is 4.68 Å². The maximum absolute atomic E-state index is 4.71. The summed E-state index contributed by atoms with van der Waals surface area (Å²) >= 11 is 0. The zero-order valence-corrected chi connectivity index (χ0v) is 11.2. The molecule has 1 N–H and O–H groups in total. The van der Waals surface area contributed by atoms with Crippen molar-refractivity contribution in [3.63, 3.8) is 0 Å². The smallest absolute Gasteiger partial charge is 0.0841 e.